The number of hydrogen-bond donors (Lipinski definition) is 1. The first-order chi connectivity index (χ1) is 13.4. The van der Waals surface area contributed by atoms with Crippen molar-refractivity contribution in [1.29, 1.82) is 0 Å². The molecule has 2 amide bonds. The smallest absolute Gasteiger partial charge is 0.422 e. The standard InChI is InChI=1S/C18H31F2N3O6S/c1-16(2,3)28-14(24)21-30(26,27)23(9-13(19)20)12-7-18(8-12)10-22(11-18)15(25)29-17(4,5)6/h12-13H,7-11H2,1-6H3,(H,21,24). The molecule has 0 aromatic carbocycles. The third kappa shape index (κ3) is 6.40. The number of carbonyl (C=O) groups is 2. The Bertz CT molecular complexity index is 762. The van der Waals surface area contributed by atoms with Gasteiger partial charge in [-0.15, -0.1) is 0 Å². The van der Waals surface area contributed by atoms with E-state index in [9.17, 15) is 26.8 Å². The maximum absolute atomic E-state index is 13.0. The summed E-state index contributed by atoms with van der Waals surface area (Å²) in [6.07, 6.45) is -3.96. The van der Waals surface area contributed by atoms with Crippen LogP contribution in [0.15, 0.2) is 0 Å². The molecule has 2 rings (SSSR count). The Morgan fingerprint density at radius 2 is 1.60 bits per heavy atom. The van der Waals surface area contributed by atoms with Gasteiger partial charge in [-0.1, -0.05) is 0 Å². The number of amides is 2. The van der Waals surface area contributed by atoms with Gasteiger partial charge in [0.15, 0.2) is 0 Å². The molecule has 1 saturated heterocycles. The molecule has 0 bridgehead atoms. The van der Waals surface area contributed by atoms with E-state index in [0.717, 1.165) is 0 Å². The van der Waals surface area contributed by atoms with Gasteiger partial charge in [0.05, 0.1) is 6.54 Å². The number of nitrogens with one attached hydrogen (secondary N) is 1. The van der Waals surface area contributed by atoms with E-state index in [-0.39, 0.29) is 5.41 Å². The second kappa shape index (κ2) is 8.10. The fraction of sp³-hybridized carbons (Fsp3) is 0.889. The predicted molar refractivity (Wildman–Crippen MR) is 104 cm³/mol. The highest BCUT2D eigenvalue weighted by Crippen LogP contribution is 2.51. The minimum absolute atomic E-state index is 0.314. The lowest BCUT2D eigenvalue weighted by Gasteiger charge is -2.60. The van der Waals surface area contributed by atoms with Crippen LogP contribution in [0.5, 0.6) is 0 Å². The zero-order valence-corrected chi connectivity index (χ0v) is 19.0. The molecule has 1 aliphatic heterocycles. The van der Waals surface area contributed by atoms with E-state index in [1.807, 2.05) is 0 Å². The third-order valence-corrected chi connectivity index (χ3v) is 6.18. The van der Waals surface area contributed by atoms with E-state index in [1.165, 1.54) is 4.90 Å². The van der Waals surface area contributed by atoms with Crippen LogP contribution >= 0.6 is 0 Å². The lowest BCUT2D eigenvalue weighted by molar-refractivity contribution is -0.0986. The Balaban J connectivity index is 1.97. The Hall–Kier alpha value is -1.69. The predicted octanol–water partition coefficient (Wildman–Crippen LogP) is 2.72. The van der Waals surface area contributed by atoms with Crippen molar-refractivity contribution in [2.45, 2.75) is 78.1 Å². The molecular weight excluding hydrogens is 424 g/mol. The molecule has 1 aliphatic carbocycles. The molecule has 0 atom stereocenters. The first kappa shape index (κ1) is 24.6. The number of nitrogens with zero attached hydrogens (tertiary/aromatic N) is 2. The molecule has 0 aromatic rings. The Labute approximate surface area is 176 Å². The fourth-order valence-corrected chi connectivity index (χ4v) is 4.88. The van der Waals surface area contributed by atoms with Gasteiger partial charge >= 0.3 is 22.4 Å². The van der Waals surface area contributed by atoms with Crippen molar-refractivity contribution in [3.63, 3.8) is 0 Å². The van der Waals surface area contributed by atoms with Crippen molar-refractivity contribution in [1.82, 2.24) is 13.9 Å². The molecular formula is C18H31F2N3O6S. The number of likely N-dealkylation sites (tertiary alicyclic amines) is 1. The van der Waals surface area contributed by atoms with Crippen molar-refractivity contribution >= 4 is 22.4 Å². The van der Waals surface area contributed by atoms with Crippen LogP contribution < -0.4 is 4.72 Å². The van der Waals surface area contributed by atoms with E-state index < -0.39 is 52.6 Å². The highest BCUT2D eigenvalue weighted by Gasteiger charge is 2.57. The zero-order valence-electron chi connectivity index (χ0n) is 18.2. The quantitative estimate of drug-likeness (QED) is 0.683. The number of alkyl halides is 2. The van der Waals surface area contributed by atoms with Crippen molar-refractivity contribution in [2.75, 3.05) is 19.6 Å². The number of carbonyl (C=O) groups excluding carboxylic acids is 2. The van der Waals surface area contributed by atoms with Crippen molar-refractivity contribution < 1.29 is 36.3 Å². The number of hydrogen-bond acceptors (Lipinski definition) is 6. The fourth-order valence-electron chi connectivity index (χ4n) is 3.66. The summed E-state index contributed by atoms with van der Waals surface area (Å²) in [7, 11) is -4.51. The highest BCUT2D eigenvalue weighted by atomic mass is 32.2. The van der Waals surface area contributed by atoms with Crippen LogP contribution in [0, 0.1) is 5.41 Å². The third-order valence-electron chi connectivity index (χ3n) is 4.69. The first-order valence-electron chi connectivity index (χ1n) is 9.70. The van der Waals surface area contributed by atoms with E-state index in [0.29, 0.717) is 30.2 Å². The molecule has 30 heavy (non-hydrogen) atoms. The molecule has 174 valence electrons. The van der Waals surface area contributed by atoms with Crippen LogP contribution in [0.2, 0.25) is 0 Å². The minimum Gasteiger partial charge on any atom is -0.444 e. The largest absolute Gasteiger partial charge is 0.444 e. The molecule has 1 heterocycles. The average Bonchev–Trinajstić information content (AvgIpc) is 2.37. The summed E-state index contributed by atoms with van der Waals surface area (Å²) in [5.74, 6) is 0. The van der Waals surface area contributed by atoms with Crippen LogP contribution in [0.3, 0.4) is 0 Å². The summed E-state index contributed by atoms with van der Waals surface area (Å²) < 4.78 is 63.7. The molecule has 0 radical (unpaired) electrons. The molecule has 2 aliphatic rings. The number of rotatable bonds is 5. The molecule has 1 spiro atoms. The van der Waals surface area contributed by atoms with Crippen LogP contribution in [0.4, 0.5) is 18.4 Å². The minimum atomic E-state index is -4.51. The van der Waals surface area contributed by atoms with Crippen LogP contribution in [-0.2, 0) is 19.7 Å². The highest BCUT2D eigenvalue weighted by molar-refractivity contribution is 7.87. The lowest BCUT2D eigenvalue weighted by Crippen LogP contribution is -2.69. The maximum atomic E-state index is 13.0. The Morgan fingerprint density at radius 3 is 2.03 bits per heavy atom. The Morgan fingerprint density at radius 1 is 1.10 bits per heavy atom. The second-order valence-electron chi connectivity index (χ2n) is 9.97. The van der Waals surface area contributed by atoms with Crippen LogP contribution in [-0.4, -0.2) is 73.1 Å². The van der Waals surface area contributed by atoms with Crippen molar-refractivity contribution in [3.05, 3.63) is 0 Å². The molecule has 9 nitrogen and oxygen atoms in total. The molecule has 0 aromatic heterocycles. The normalized spacial score (nSPS) is 19.5. The van der Waals surface area contributed by atoms with E-state index in [1.54, 1.807) is 46.3 Å². The second-order valence-corrected chi connectivity index (χ2v) is 11.6. The monoisotopic (exact) mass is 455 g/mol. The van der Waals surface area contributed by atoms with Gasteiger partial charge in [0.1, 0.15) is 11.2 Å². The summed E-state index contributed by atoms with van der Waals surface area (Å²) in [5.41, 5.74) is -1.88. The molecule has 1 saturated carbocycles. The van der Waals surface area contributed by atoms with Gasteiger partial charge in [0.25, 0.3) is 6.43 Å². The van der Waals surface area contributed by atoms with Gasteiger partial charge < -0.3 is 14.4 Å². The molecule has 1 N–H and O–H groups in total. The molecule has 2 fully saturated rings. The van der Waals surface area contributed by atoms with E-state index in [2.05, 4.69) is 0 Å². The molecule has 0 unspecified atom stereocenters. The number of ether oxygens (including phenoxy) is 2. The summed E-state index contributed by atoms with van der Waals surface area (Å²) >= 11 is 0. The average molecular weight is 456 g/mol. The van der Waals surface area contributed by atoms with Crippen molar-refractivity contribution in [2.24, 2.45) is 5.41 Å². The van der Waals surface area contributed by atoms with Gasteiger partial charge in [0, 0.05) is 24.5 Å². The lowest BCUT2D eigenvalue weighted by atomic mass is 9.61. The van der Waals surface area contributed by atoms with Gasteiger partial charge in [-0.3, -0.25) is 0 Å². The van der Waals surface area contributed by atoms with Crippen LogP contribution in [0.1, 0.15) is 54.4 Å². The summed E-state index contributed by atoms with van der Waals surface area (Å²) in [5, 5.41) is 0. The van der Waals surface area contributed by atoms with E-state index >= 15 is 0 Å². The van der Waals surface area contributed by atoms with Crippen LogP contribution in [0.25, 0.3) is 0 Å². The van der Waals surface area contributed by atoms with Gasteiger partial charge in [0.2, 0.25) is 0 Å². The van der Waals surface area contributed by atoms with E-state index in [4.69, 9.17) is 9.47 Å². The first-order valence-corrected chi connectivity index (χ1v) is 11.1. The van der Waals surface area contributed by atoms with Gasteiger partial charge in [-0.2, -0.15) is 12.7 Å². The summed E-state index contributed by atoms with van der Waals surface area (Å²) in [6.45, 7) is 9.64. The van der Waals surface area contributed by atoms with Gasteiger partial charge in [-0.25, -0.2) is 23.1 Å². The Kier molecular flexibility index (Phi) is 6.64. The summed E-state index contributed by atoms with van der Waals surface area (Å²) in [6, 6.07) is -0.695. The van der Waals surface area contributed by atoms with Gasteiger partial charge in [-0.05, 0) is 54.4 Å². The maximum Gasteiger partial charge on any atom is 0.422 e. The van der Waals surface area contributed by atoms with Crippen molar-refractivity contribution in [3.8, 4) is 0 Å². The number of halogens is 2. The SMILES string of the molecule is CC(C)(C)OC(=O)NS(=O)(=O)N(CC(F)F)C1CC2(C1)CN(C(=O)OC(C)(C)C)C2. The molecule has 12 heteroatoms. The summed E-state index contributed by atoms with van der Waals surface area (Å²) in [4.78, 5) is 25.4. The topological polar surface area (TPSA) is 105 Å². The zero-order chi connectivity index (χ0) is 23.1.